The van der Waals surface area contributed by atoms with Crippen LogP contribution in [0.5, 0.6) is 0 Å². The molecule has 2 heterocycles. The molecule has 0 amide bonds. The molecule has 1 aliphatic heterocycles. The molecule has 0 atom stereocenters. The van der Waals surface area contributed by atoms with Gasteiger partial charge in [-0.2, -0.15) is 0 Å². The van der Waals surface area contributed by atoms with Gasteiger partial charge in [-0.3, -0.25) is 4.98 Å². The van der Waals surface area contributed by atoms with Gasteiger partial charge in [0.2, 0.25) is 0 Å². The third-order valence-electron chi connectivity index (χ3n) is 3.24. The molecule has 0 spiro atoms. The lowest BCUT2D eigenvalue weighted by atomic mass is 9.89. The van der Waals surface area contributed by atoms with Gasteiger partial charge >= 0.3 is 7.12 Å². The molecule has 0 bridgehead atoms. The van der Waals surface area contributed by atoms with Crippen LogP contribution in [-0.2, 0) is 15.7 Å². The minimum atomic E-state index is -3.40. The highest BCUT2D eigenvalue weighted by Crippen LogP contribution is 2.36. The van der Waals surface area contributed by atoms with Crippen molar-refractivity contribution in [2.45, 2.75) is 59.0 Å². The molecule has 1 saturated heterocycles. The lowest BCUT2D eigenvalue weighted by molar-refractivity contribution is 0.00578. The maximum atomic E-state index is 8.20. The zero-order valence-electron chi connectivity index (χ0n) is 19.8. The standard InChI is InChI=1S/C13H22BNO2S/c1-9(2)7-11-15-8-10(18-11)14-16-12(3,4)13(5,6)17-14/h8-9H,7H2,1-6H3/i1D3,2D3,7D2,9D. The van der Waals surface area contributed by atoms with Crippen LogP contribution in [0.3, 0.4) is 0 Å². The summed E-state index contributed by atoms with van der Waals surface area (Å²) in [6.45, 7) is 0.549. The van der Waals surface area contributed by atoms with Crippen molar-refractivity contribution in [2.24, 2.45) is 5.89 Å². The van der Waals surface area contributed by atoms with Crippen molar-refractivity contribution >= 4 is 23.2 Å². The summed E-state index contributed by atoms with van der Waals surface area (Å²) in [6, 6.07) is 0. The van der Waals surface area contributed by atoms with Gasteiger partial charge in [0.25, 0.3) is 0 Å². The lowest BCUT2D eigenvalue weighted by Gasteiger charge is -2.32. The summed E-state index contributed by atoms with van der Waals surface area (Å²) >= 11 is 0.742. The molecule has 0 saturated carbocycles. The van der Waals surface area contributed by atoms with Gasteiger partial charge in [-0.25, -0.2) is 0 Å². The van der Waals surface area contributed by atoms with E-state index in [9.17, 15) is 0 Å². The maximum absolute atomic E-state index is 8.20. The summed E-state index contributed by atoms with van der Waals surface area (Å²) in [7, 11) is -0.849. The third-order valence-corrected chi connectivity index (χ3v) is 4.18. The molecular formula is C13H22BNO2S. The Morgan fingerprint density at radius 1 is 1.44 bits per heavy atom. The molecule has 0 aliphatic carbocycles. The Balaban J connectivity index is 2.45. The number of hydrogen-bond donors (Lipinski definition) is 0. The average molecular weight is 276 g/mol. The van der Waals surface area contributed by atoms with Crippen LogP contribution in [0, 0.1) is 5.89 Å². The first kappa shape index (κ1) is 6.38. The largest absolute Gasteiger partial charge is 0.507 e. The van der Waals surface area contributed by atoms with Gasteiger partial charge in [-0.05, 0) is 33.6 Å². The number of aromatic nitrogens is 1. The summed E-state index contributed by atoms with van der Waals surface area (Å²) in [4.78, 5) is 3.88. The second kappa shape index (κ2) is 4.62. The first-order valence-corrected chi connectivity index (χ1v) is 6.41. The fraction of sp³-hybridized carbons (Fsp3) is 0.769. The van der Waals surface area contributed by atoms with E-state index < -0.39 is 49.3 Å². The fourth-order valence-corrected chi connectivity index (χ4v) is 2.30. The first-order chi connectivity index (χ1) is 11.8. The van der Waals surface area contributed by atoms with Crippen molar-refractivity contribution in [3.8, 4) is 0 Å². The molecule has 5 heteroatoms. The topological polar surface area (TPSA) is 31.4 Å². The van der Waals surface area contributed by atoms with Crippen LogP contribution in [0.2, 0.25) is 0 Å². The molecule has 1 aromatic heterocycles. The van der Waals surface area contributed by atoms with Gasteiger partial charge in [0.15, 0.2) is 0 Å². The van der Waals surface area contributed by atoms with E-state index in [1.807, 2.05) is 27.7 Å². The lowest BCUT2D eigenvalue weighted by Crippen LogP contribution is -2.41. The van der Waals surface area contributed by atoms with E-state index in [-0.39, 0.29) is 0 Å². The predicted octanol–water partition coefficient (Wildman–Crippen LogP) is 2.64. The van der Waals surface area contributed by atoms with E-state index in [0.717, 1.165) is 11.3 Å². The summed E-state index contributed by atoms with van der Waals surface area (Å²) in [5.41, 5.74) is -1.28. The molecule has 100 valence electrons. The molecule has 0 radical (unpaired) electrons. The fourth-order valence-electron chi connectivity index (χ4n) is 1.52. The molecule has 1 aromatic rings. The van der Waals surface area contributed by atoms with Gasteiger partial charge in [-0.15, -0.1) is 11.3 Å². The van der Waals surface area contributed by atoms with Crippen LogP contribution in [-0.4, -0.2) is 23.3 Å². The van der Waals surface area contributed by atoms with Crippen LogP contribution < -0.4 is 4.78 Å². The van der Waals surface area contributed by atoms with Crippen molar-refractivity contribution in [2.75, 3.05) is 0 Å². The highest BCUT2D eigenvalue weighted by molar-refractivity contribution is 7.22. The van der Waals surface area contributed by atoms with Crippen molar-refractivity contribution in [3.05, 3.63) is 11.2 Å². The van der Waals surface area contributed by atoms with Gasteiger partial charge in [0, 0.05) is 24.9 Å². The van der Waals surface area contributed by atoms with E-state index in [1.54, 1.807) is 0 Å². The van der Waals surface area contributed by atoms with Crippen molar-refractivity contribution in [1.82, 2.24) is 4.98 Å². The maximum Gasteiger partial charge on any atom is 0.507 e. The van der Waals surface area contributed by atoms with Crippen LogP contribution in [0.1, 0.15) is 58.7 Å². The van der Waals surface area contributed by atoms with E-state index in [2.05, 4.69) is 4.98 Å². The first-order valence-electron chi connectivity index (χ1n) is 10.1. The summed E-state index contributed by atoms with van der Waals surface area (Å²) in [5, 5.41) is -0.422. The summed E-state index contributed by atoms with van der Waals surface area (Å²) in [5.74, 6) is -3.39. The summed E-state index contributed by atoms with van der Waals surface area (Å²) in [6.07, 6.45) is -1.80. The van der Waals surface area contributed by atoms with Gasteiger partial charge in [0.05, 0.1) is 21.0 Å². The van der Waals surface area contributed by atoms with Gasteiger partial charge in [-0.1, -0.05) is 13.7 Å². The minimum absolute atomic E-state index is 0.367. The van der Waals surface area contributed by atoms with Crippen LogP contribution >= 0.6 is 11.3 Å². The second-order valence-corrected chi connectivity index (χ2v) is 6.22. The number of rotatable bonds is 3. The van der Waals surface area contributed by atoms with Crippen LogP contribution in [0.4, 0.5) is 0 Å². The Bertz CT molecular complexity index is 683. The monoisotopic (exact) mass is 276 g/mol. The van der Waals surface area contributed by atoms with Crippen molar-refractivity contribution in [1.29, 1.82) is 0 Å². The Morgan fingerprint density at radius 3 is 2.61 bits per heavy atom. The van der Waals surface area contributed by atoms with Crippen LogP contribution in [0.15, 0.2) is 6.20 Å². The number of thiazole rings is 1. The summed E-state index contributed by atoms with van der Waals surface area (Å²) < 4.78 is 81.6. The normalized spacial score (nSPS) is 32.0. The van der Waals surface area contributed by atoms with E-state index in [1.165, 1.54) is 6.20 Å². The second-order valence-electron chi connectivity index (χ2n) is 5.16. The molecule has 1 fully saturated rings. The average Bonchev–Trinajstić information content (AvgIpc) is 2.99. The zero-order valence-corrected chi connectivity index (χ0v) is 11.6. The number of nitrogens with zero attached hydrogens (tertiary/aromatic N) is 1. The molecule has 0 N–H and O–H groups in total. The molecular weight excluding hydrogens is 245 g/mol. The zero-order chi connectivity index (χ0) is 21.3. The predicted molar refractivity (Wildman–Crippen MR) is 76.4 cm³/mol. The van der Waals surface area contributed by atoms with Crippen molar-refractivity contribution in [3.63, 3.8) is 0 Å². The quantitative estimate of drug-likeness (QED) is 0.795. The molecule has 2 rings (SSSR count). The molecule has 18 heavy (non-hydrogen) atoms. The Hall–Kier alpha value is -0.385. The highest BCUT2D eigenvalue weighted by atomic mass is 32.1. The van der Waals surface area contributed by atoms with Crippen LogP contribution in [0.25, 0.3) is 0 Å². The SMILES string of the molecule is [2H]C([2H])([2H])C([2H])(C([2H])([2H])[2H])C([2H])([2H])c1ncc(B2OC(C)(C)C(C)(C)O2)s1. The van der Waals surface area contributed by atoms with E-state index in [0.29, 0.717) is 4.78 Å². The Labute approximate surface area is 127 Å². The molecule has 1 aliphatic rings. The number of hydrogen-bond acceptors (Lipinski definition) is 4. The van der Waals surface area contributed by atoms with Gasteiger partial charge < -0.3 is 9.31 Å². The Kier molecular flexibility index (Phi) is 1.64. The third kappa shape index (κ3) is 2.63. The van der Waals surface area contributed by atoms with E-state index in [4.69, 9.17) is 21.6 Å². The van der Waals surface area contributed by atoms with Crippen molar-refractivity contribution < 1.29 is 21.6 Å². The minimum Gasteiger partial charge on any atom is -0.399 e. The molecule has 0 unspecified atom stereocenters. The Morgan fingerprint density at radius 2 is 2.06 bits per heavy atom. The molecule has 3 nitrogen and oxygen atoms in total. The van der Waals surface area contributed by atoms with E-state index >= 15 is 0 Å². The molecule has 0 aromatic carbocycles. The highest BCUT2D eigenvalue weighted by Gasteiger charge is 2.52. The van der Waals surface area contributed by atoms with Gasteiger partial charge in [0.1, 0.15) is 0 Å². The smallest absolute Gasteiger partial charge is 0.399 e.